The van der Waals surface area contributed by atoms with Crippen molar-refractivity contribution in [2.75, 3.05) is 39.2 Å². The van der Waals surface area contributed by atoms with Gasteiger partial charge < -0.3 is 9.64 Å². The Hall–Kier alpha value is -3.04. The molecule has 35 heavy (non-hydrogen) atoms. The van der Waals surface area contributed by atoms with Crippen LogP contribution in [0.15, 0.2) is 48.5 Å². The van der Waals surface area contributed by atoms with Crippen molar-refractivity contribution in [1.29, 1.82) is 5.26 Å². The predicted octanol–water partition coefficient (Wildman–Crippen LogP) is 5.38. The fraction of sp³-hybridized carbons (Fsp3) is 0.517. The Morgan fingerprint density at radius 1 is 1.09 bits per heavy atom. The molecule has 1 heterocycles. The van der Waals surface area contributed by atoms with Gasteiger partial charge in [0.2, 0.25) is 0 Å². The molecule has 5 rings (SSSR count). The number of amides is 2. The highest BCUT2D eigenvalue weighted by Crippen LogP contribution is 2.50. The van der Waals surface area contributed by atoms with Gasteiger partial charge in [-0.15, -0.1) is 0 Å². The maximum atomic E-state index is 14.0. The number of ether oxygens (including phenoxy) is 1. The third-order valence-electron chi connectivity index (χ3n) is 8.93. The molecule has 1 saturated heterocycles. The van der Waals surface area contributed by atoms with Crippen LogP contribution in [-0.2, 0) is 5.54 Å². The monoisotopic (exact) mass is 472 g/mol. The SMILES string of the molecule is COc1cc(C#N)ccc1N1C[C@]2(CC[C@](c3ccccc3)(N(C)C)CC2)N(CC2CCC2)C1=O. The van der Waals surface area contributed by atoms with E-state index in [4.69, 9.17) is 4.74 Å². The Kier molecular flexibility index (Phi) is 6.23. The number of carbonyl (C=O) groups excluding carboxylic acids is 1. The summed E-state index contributed by atoms with van der Waals surface area (Å²) in [5.41, 5.74) is 2.46. The van der Waals surface area contributed by atoms with Crippen LogP contribution in [0.2, 0.25) is 0 Å². The van der Waals surface area contributed by atoms with Crippen molar-refractivity contribution in [3.05, 3.63) is 59.7 Å². The summed E-state index contributed by atoms with van der Waals surface area (Å²) >= 11 is 0. The Bertz CT molecular complexity index is 1110. The van der Waals surface area contributed by atoms with Crippen molar-refractivity contribution in [2.45, 2.75) is 56.0 Å². The van der Waals surface area contributed by atoms with E-state index in [1.807, 2.05) is 11.0 Å². The number of nitrogens with zero attached hydrogens (tertiary/aromatic N) is 4. The van der Waals surface area contributed by atoms with Gasteiger partial charge in [-0.1, -0.05) is 36.8 Å². The van der Waals surface area contributed by atoms with E-state index < -0.39 is 0 Å². The van der Waals surface area contributed by atoms with Crippen molar-refractivity contribution in [3.8, 4) is 11.8 Å². The largest absolute Gasteiger partial charge is 0.495 e. The van der Waals surface area contributed by atoms with E-state index >= 15 is 0 Å². The Balaban J connectivity index is 1.48. The topological polar surface area (TPSA) is 59.8 Å². The predicted molar refractivity (Wildman–Crippen MR) is 138 cm³/mol. The molecule has 6 nitrogen and oxygen atoms in total. The molecule has 0 unspecified atom stereocenters. The zero-order chi connectivity index (χ0) is 24.6. The summed E-state index contributed by atoms with van der Waals surface area (Å²) in [5.74, 6) is 1.19. The minimum atomic E-state index is -0.181. The molecule has 2 aliphatic carbocycles. The van der Waals surface area contributed by atoms with Gasteiger partial charge in [-0.2, -0.15) is 5.26 Å². The molecule has 2 aromatic carbocycles. The first-order chi connectivity index (χ1) is 16.9. The van der Waals surface area contributed by atoms with Crippen LogP contribution in [0.4, 0.5) is 10.5 Å². The lowest BCUT2D eigenvalue weighted by molar-refractivity contribution is 0.0172. The Morgan fingerprint density at radius 3 is 2.37 bits per heavy atom. The van der Waals surface area contributed by atoms with Crippen molar-refractivity contribution >= 4 is 11.7 Å². The van der Waals surface area contributed by atoms with Crippen molar-refractivity contribution in [1.82, 2.24) is 9.80 Å². The van der Waals surface area contributed by atoms with Gasteiger partial charge >= 0.3 is 6.03 Å². The van der Waals surface area contributed by atoms with Crippen LogP contribution in [0, 0.1) is 17.2 Å². The van der Waals surface area contributed by atoms with E-state index in [-0.39, 0.29) is 17.1 Å². The van der Waals surface area contributed by atoms with Gasteiger partial charge in [-0.25, -0.2) is 4.79 Å². The summed E-state index contributed by atoms with van der Waals surface area (Å²) < 4.78 is 5.63. The Labute approximate surface area is 209 Å². The lowest BCUT2D eigenvalue weighted by Crippen LogP contribution is -2.56. The molecule has 0 N–H and O–H groups in total. The van der Waals surface area contributed by atoms with Gasteiger partial charge in [-0.3, -0.25) is 9.80 Å². The van der Waals surface area contributed by atoms with Gasteiger partial charge in [0, 0.05) is 18.2 Å². The zero-order valence-electron chi connectivity index (χ0n) is 21.2. The lowest BCUT2D eigenvalue weighted by Gasteiger charge is -2.51. The molecule has 0 atom stereocenters. The molecule has 2 aromatic rings. The quantitative estimate of drug-likeness (QED) is 0.566. The number of rotatable bonds is 6. The maximum absolute atomic E-state index is 14.0. The number of urea groups is 1. The number of nitriles is 1. The van der Waals surface area contributed by atoms with Crippen LogP contribution in [0.3, 0.4) is 0 Å². The fourth-order valence-electron chi connectivity index (χ4n) is 6.46. The van der Waals surface area contributed by atoms with E-state index in [1.165, 1.54) is 24.8 Å². The van der Waals surface area contributed by atoms with E-state index in [0.29, 0.717) is 23.8 Å². The van der Waals surface area contributed by atoms with Crippen LogP contribution in [0.1, 0.15) is 56.1 Å². The summed E-state index contributed by atoms with van der Waals surface area (Å²) in [7, 11) is 5.98. The maximum Gasteiger partial charge on any atom is 0.325 e. The van der Waals surface area contributed by atoms with E-state index in [1.54, 1.807) is 19.2 Å². The number of benzene rings is 2. The van der Waals surface area contributed by atoms with E-state index in [2.05, 4.69) is 60.3 Å². The van der Waals surface area contributed by atoms with Crippen LogP contribution in [0.25, 0.3) is 0 Å². The second-order valence-corrected chi connectivity index (χ2v) is 10.8. The van der Waals surface area contributed by atoms with Crippen molar-refractivity contribution < 1.29 is 9.53 Å². The zero-order valence-corrected chi connectivity index (χ0v) is 21.2. The minimum absolute atomic E-state index is 0.0166. The molecule has 3 aliphatic rings. The highest BCUT2D eigenvalue weighted by Gasteiger charge is 2.55. The van der Waals surface area contributed by atoms with Gasteiger partial charge in [0.1, 0.15) is 5.75 Å². The summed E-state index contributed by atoms with van der Waals surface area (Å²) in [6.07, 6.45) is 7.65. The smallest absolute Gasteiger partial charge is 0.325 e. The van der Waals surface area contributed by atoms with Crippen molar-refractivity contribution in [2.24, 2.45) is 5.92 Å². The molecule has 0 aromatic heterocycles. The molecule has 2 amide bonds. The Morgan fingerprint density at radius 2 is 1.80 bits per heavy atom. The van der Waals surface area contributed by atoms with Gasteiger partial charge in [-0.05, 0) is 76.2 Å². The van der Waals surface area contributed by atoms with Crippen LogP contribution < -0.4 is 9.64 Å². The summed E-state index contributed by atoms with van der Waals surface area (Å²) in [4.78, 5) is 20.5. The number of anilines is 1. The van der Waals surface area contributed by atoms with Crippen LogP contribution in [0.5, 0.6) is 5.75 Å². The van der Waals surface area contributed by atoms with Gasteiger partial charge in [0.25, 0.3) is 0 Å². The summed E-state index contributed by atoms with van der Waals surface area (Å²) in [5, 5.41) is 9.33. The molecule has 0 radical (unpaired) electrons. The van der Waals surface area contributed by atoms with E-state index in [9.17, 15) is 10.1 Å². The first-order valence-corrected chi connectivity index (χ1v) is 12.8. The molecule has 0 bridgehead atoms. The number of methoxy groups -OCH3 is 1. The van der Waals surface area contributed by atoms with Crippen LogP contribution in [-0.4, -0.2) is 55.7 Å². The highest BCUT2D eigenvalue weighted by molar-refractivity contribution is 5.97. The third-order valence-corrected chi connectivity index (χ3v) is 8.93. The second-order valence-electron chi connectivity index (χ2n) is 10.8. The number of hydrogen-bond donors (Lipinski definition) is 0. The minimum Gasteiger partial charge on any atom is -0.495 e. The fourth-order valence-corrected chi connectivity index (χ4v) is 6.46. The van der Waals surface area contributed by atoms with Gasteiger partial charge in [0.15, 0.2) is 0 Å². The lowest BCUT2D eigenvalue weighted by atomic mass is 9.68. The molecule has 6 heteroatoms. The summed E-state index contributed by atoms with van der Waals surface area (Å²) in [6, 6.07) is 18.5. The summed E-state index contributed by atoms with van der Waals surface area (Å²) in [6.45, 7) is 1.51. The molecule has 2 saturated carbocycles. The molecule has 1 aliphatic heterocycles. The molecular formula is C29H36N4O2. The second kappa shape index (κ2) is 9.20. The molecule has 1 spiro atoms. The van der Waals surface area contributed by atoms with Crippen molar-refractivity contribution in [3.63, 3.8) is 0 Å². The number of carbonyl (C=O) groups is 1. The first kappa shape index (κ1) is 23.7. The average molecular weight is 473 g/mol. The van der Waals surface area contributed by atoms with Gasteiger partial charge in [0.05, 0.1) is 36.5 Å². The average Bonchev–Trinajstić information content (AvgIpc) is 3.12. The molecule has 184 valence electrons. The third kappa shape index (κ3) is 3.96. The molecule has 3 fully saturated rings. The normalized spacial score (nSPS) is 26.8. The molecular weight excluding hydrogens is 436 g/mol. The standard InChI is InChI=1S/C29H36N4O2/c1-31(2)29(24-10-5-4-6-11-24)16-14-28(15-17-29)21-32(27(34)33(28)20-22-8-7-9-22)25-13-12-23(19-30)18-26(25)35-3/h4-6,10-13,18,22H,7-9,14-17,20-21H2,1-3H3/t28-,29+. The van der Waals surface area contributed by atoms with Crippen LogP contribution >= 0.6 is 0 Å². The first-order valence-electron chi connectivity index (χ1n) is 12.8. The van der Waals surface area contributed by atoms with E-state index in [0.717, 1.165) is 37.9 Å². The number of hydrogen-bond acceptors (Lipinski definition) is 4. The highest BCUT2D eigenvalue weighted by atomic mass is 16.5.